The van der Waals surface area contributed by atoms with E-state index in [1.54, 1.807) is 0 Å². The molecule has 2 aromatic carbocycles. The van der Waals surface area contributed by atoms with E-state index in [1.165, 1.54) is 29.9 Å². The Morgan fingerprint density at radius 1 is 0.905 bits per heavy atom. The first-order valence-corrected chi connectivity index (χ1v) is 9.33. The molecule has 110 valence electrons. The maximum atomic E-state index is 6.29. The van der Waals surface area contributed by atoms with Gasteiger partial charge in [0.15, 0.2) is 0 Å². The molecule has 0 aliphatic heterocycles. The molecule has 21 heavy (non-hydrogen) atoms. The number of benzene rings is 2. The topological polar surface area (TPSA) is 26.0 Å². The highest BCUT2D eigenvalue weighted by Gasteiger charge is 2.36. The quantitative estimate of drug-likeness (QED) is 0.857. The third-order valence-corrected chi connectivity index (χ3v) is 7.62. The third kappa shape index (κ3) is 3.20. The van der Waals surface area contributed by atoms with Gasteiger partial charge in [0.05, 0.1) is 0 Å². The minimum Gasteiger partial charge on any atom is -0.328 e. The molecule has 0 amide bonds. The third-order valence-electron chi connectivity index (χ3n) is 4.61. The lowest BCUT2D eigenvalue weighted by molar-refractivity contribution is 0.465. The van der Waals surface area contributed by atoms with E-state index >= 15 is 0 Å². The van der Waals surface area contributed by atoms with Crippen molar-refractivity contribution < 1.29 is 0 Å². The highest BCUT2D eigenvalue weighted by atomic mass is 31.1. The Balaban J connectivity index is 2.01. The van der Waals surface area contributed by atoms with Crippen LogP contribution in [0.2, 0.25) is 0 Å². The zero-order chi connectivity index (χ0) is 14.7. The van der Waals surface area contributed by atoms with E-state index in [9.17, 15) is 0 Å². The zero-order valence-electron chi connectivity index (χ0n) is 12.7. The molecule has 0 radical (unpaired) electrons. The SMILES string of the molecule is C[C@@H](N)C1CCCC1P(c1ccccc1)c1ccccc1. The van der Waals surface area contributed by atoms with Crippen LogP contribution in [0.1, 0.15) is 26.2 Å². The van der Waals surface area contributed by atoms with E-state index in [0.29, 0.717) is 12.0 Å². The predicted molar refractivity (Wildman–Crippen MR) is 93.9 cm³/mol. The van der Waals surface area contributed by atoms with Crippen LogP contribution in [0.4, 0.5) is 0 Å². The molecule has 2 unspecified atom stereocenters. The van der Waals surface area contributed by atoms with Crippen molar-refractivity contribution in [3.8, 4) is 0 Å². The molecule has 0 spiro atoms. The molecule has 3 rings (SSSR count). The predicted octanol–water partition coefficient (Wildman–Crippen LogP) is 3.64. The molecule has 3 atom stereocenters. The minimum atomic E-state index is -0.304. The van der Waals surface area contributed by atoms with Gasteiger partial charge in [-0.15, -0.1) is 0 Å². The van der Waals surface area contributed by atoms with Gasteiger partial charge in [0.2, 0.25) is 0 Å². The van der Waals surface area contributed by atoms with Gasteiger partial charge in [0.25, 0.3) is 0 Å². The number of hydrogen-bond acceptors (Lipinski definition) is 1. The van der Waals surface area contributed by atoms with Crippen molar-refractivity contribution in [1.82, 2.24) is 0 Å². The van der Waals surface area contributed by atoms with Crippen molar-refractivity contribution >= 4 is 18.5 Å². The minimum absolute atomic E-state index is 0.301. The van der Waals surface area contributed by atoms with Crippen LogP contribution in [-0.2, 0) is 0 Å². The summed E-state index contributed by atoms with van der Waals surface area (Å²) < 4.78 is 0. The van der Waals surface area contributed by atoms with Crippen LogP contribution >= 0.6 is 7.92 Å². The molecular weight excluding hydrogens is 273 g/mol. The number of rotatable bonds is 4. The Morgan fingerprint density at radius 3 is 1.90 bits per heavy atom. The van der Waals surface area contributed by atoms with Crippen molar-refractivity contribution in [1.29, 1.82) is 0 Å². The van der Waals surface area contributed by atoms with E-state index in [1.807, 2.05) is 0 Å². The average Bonchev–Trinajstić information content (AvgIpc) is 2.99. The van der Waals surface area contributed by atoms with Crippen molar-refractivity contribution in [3.05, 3.63) is 60.7 Å². The first-order valence-electron chi connectivity index (χ1n) is 7.92. The standard InChI is InChI=1S/C19H24NP/c1-15(20)18-13-8-14-19(18)21(16-9-4-2-5-10-16)17-11-6-3-7-12-17/h2-7,9-12,15,18-19H,8,13-14,20H2,1H3/t15-,18?,19?/m1/s1. The van der Waals surface area contributed by atoms with E-state index in [-0.39, 0.29) is 7.92 Å². The van der Waals surface area contributed by atoms with Crippen molar-refractivity contribution in [3.63, 3.8) is 0 Å². The van der Waals surface area contributed by atoms with Crippen molar-refractivity contribution in [2.24, 2.45) is 11.7 Å². The van der Waals surface area contributed by atoms with E-state index in [2.05, 4.69) is 67.6 Å². The van der Waals surface area contributed by atoms with Crippen LogP contribution in [-0.4, -0.2) is 11.7 Å². The van der Waals surface area contributed by atoms with Crippen LogP contribution in [0, 0.1) is 5.92 Å². The molecule has 2 aromatic rings. The van der Waals surface area contributed by atoms with Crippen LogP contribution in [0.3, 0.4) is 0 Å². The average molecular weight is 297 g/mol. The maximum absolute atomic E-state index is 6.29. The van der Waals surface area contributed by atoms with Gasteiger partial charge in [-0.25, -0.2) is 0 Å². The fourth-order valence-electron chi connectivity index (χ4n) is 3.61. The fraction of sp³-hybridized carbons (Fsp3) is 0.368. The Bertz CT molecular complexity index is 513. The molecule has 0 aromatic heterocycles. The first kappa shape index (κ1) is 14.8. The Labute approximate surface area is 129 Å². The van der Waals surface area contributed by atoms with Gasteiger partial charge in [0.1, 0.15) is 0 Å². The summed E-state index contributed by atoms with van der Waals surface area (Å²) in [6, 6.07) is 22.4. The molecule has 1 saturated carbocycles. The summed E-state index contributed by atoms with van der Waals surface area (Å²) in [5, 5.41) is 2.99. The zero-order valence-corrected chi connectivity index (χ0v) is 13.5. The molecule has 2 heteroatoms. The van der Waals surface area contributed by atoms with Gasteiger partial charge in [-0.2, -0.15) is 0 Å². The number of hydrogen-bond donors (Lipinski definition) is 1. The Morgan fingerprint density at radius 2 is 1.43 bits per heavy atom. The molecule has 0 heterocycles. The maximum Gasteiger partial charge on any atom is 0.00450 e. The second-order valence-corrected chi connectivity index (χ2v) is 8.50. The molecular formula is C19H24NP. The largest absolute Gasteiger partial charge is 0.328 e. The van der Waals surface area contributed by atoms with Gasteiger partial charge >= 0.3 is 0 Å². The summed E-state index contributed by atoms with van der Waals surface area (Å²) in [6.45, 7) is 2.19. The fourth-order valence-corrected chi connectivity index (χ4v) is 6.91. The molecule has 1 fully saturated rings. The molecule has 2 N–H and O–H groups in total. The second-order valence-electron chi connectivity index (χ2n) is 6.06. The van der Waals surface area contributed by atoms with Crippen molar-refractivity contribution in [2.45, 2.75) is 37.9 Å². The second kappa shape index (κ2) is 6.73. The normalized spacial score (nSPS) is 23.4. The molecule has 0 saturated heterocycles. The van der Waals surface area contributed by atoms with Gasteiger partial charge in [0, 0.05) is 6.04 Å². The van der Waals surface area contributed by atoms with Crippen LogP contribution in [0.25, 0.3) is 0 Å². The summed E-state index contributed by atoms with van der Waals surface area (Å²) in [7, 11) is -0.304. The lowest BCUT2D eigenvalue weighted by Crippen LogP contribution is -2.34. The summed E-state index contributed by atoms with van der Waals surface area (Å²) in [5.41, 5.74) is 7.02. The lowest BCUT2D eigenvalue weighted by atomic mass is 10.0. The highest BCUT2D eigenvalue weighted by Crippen LogP contribution is 2.50. The van der Waals surface area contributed by atoms with Gasteiger partial charge in [-0.1, -0.05) is 67.1 Å². The van der Waals surface area contributed by atoms with Gasteiger partial charge < -0.3 is 5.73 Å². The van der Waals surface area contributed by atoms with Crippen LogP contribution < -0.4 is 16.3 Å². The van der Waals surface area contributed by atoms with Crippen molar-refractivity contribution in [2.75, 3.05) is 0 Å². The van der Waals surface area contributed by atoms with E-state index < -0.39 is 0 Å². The smallest absolute Gasteiger partial charge is 0.00450 e. The molecule has 1 aliphatic carbocycles. The van der Waals surface area contributed by atoms with Crippen LogP contribution in [0.5, 0.6) is 0 Å². The highest BCUT2D eigenvalue weighted by molar-refractivity contribution is 7.73. The summed E-state index contributed by atoms with van der Waals surface area (Å²) >= 11 is 0. The molecule has 0 bridgehead atoms. The van der Waals surface area contributed by atoms with Crippen LogP contribution in [0.15, 0.2) is 60.7 Å². The Hall–Kier alpha value is -1.17. The summed E-state index contributed by atoms with van der Waals surface area (Å²) in [4.78, 5) is 0. The number of nitrogens with two attached hydrogens (primary N) is 1. The van der Waals surface area contributed by atoms with E-state index in [4.69, 9.17) is 5.73 Å². The monoisotopic (exact) mass is 297 g/mol. The lowest BCUT2D eigenvalue weighted by Gasteiger charge is -2.32. The molecule has 1 aliphatic rings. The summed E-state index contributed by atoms with van der Waals surface area (Å²) in [5.74, 6) is 0.663. The summed E-state index contributed by atoms with van der Waals surface area (Å²) in [6.07, 6.45) is 3.94. The van der Waals surface area contributed by atoms with Gasteiger partial charge in [-0.05, 0) is 49.9 Å². The van der Waals surface area contributed by atoms with E-state index in [0.717, 1.165) is 5.66 Å². The Kier molecular flexibility index (Phi) is 4.73. The molecule has 1 nitrogen and oxygen atoms in total. The van der Waals surface area contributed by atoms with Gasteiger partial charge in [-0.3, -0.25) is 0 Å². The first-order chi connectivity index (χ1) is 10.3.